The van der Waals surface area contributed by atoms with E-state index in [2.05, 4.69) is 21.1 Å². The molecule has 0 saturated carbocycles. The molecule has 0 aliphatic rings. The van der Waals surface area contributed by atoms with E-state index in [0.717, 1.165) is 34.0 Å². The number of hydrogen-bond donors (Lipinski definition) is 2. The van der Waals surface area contributed by atoms with Crippen molar-refractivity contribution in [3.05, 3.63) is 120 Å². The number of ether oxygens (including phenoxy) is 3. The van der Waals surface area contributed by atoms with Gasteiger partial charge in [0.1, 0.15) is 24.7 Å². The van der Waals surface area contributed by atoms with Crippen LogP contribution < -0.4 is 20.3 Å². The van der Waals surface area contributed by atoms with Gasteiger partial charge in [-0.2, -0.15) is 10.2 Å². The first-order valence-corrected chi connectivity index (χ1v) is 12.1. The van der Waals surface area contributed by atoms with Crippen LogP contribution in [0.2, 0.25) is 0 Å². The van der Waals surface area contributed by atoms with E-state index in [4.69, 9.17) is 14.2 Å². The molecular weight excluding hydrogens is 464 g/mol. The van der Waals surface area contributed by atoms with Gasteiger partial charge in [0, 0.05) is 0 Å². The third-order valence-corrected chi connectivity index (χ3v) is 5.12. The number of nitrogens with one attached hydrogen (secondary N) is 2. The number of hydrogen-bond acceptors (Lipinski definition) is 7. The minimum atomic E-state index is 0.466. The van der Waals surface area contributed by atoms with Gasteiger partial charge in [0.25, 0.3) is 0 Å². The molecule has 0 saturated heterocycles. The Morgan fingerprint density at radius 2 is 0.892 bits per heavy atom. The standard InChI is InChI=1S/C30H30N4O3/c1-3-7-27(8-4-1)33-31-23-25-11-15-29(16-12-25)36-21-19-35-20-22-37-30-17-13-26(14-18-30)24-32-34-28-9-5-2-6-10-28/h1-18,23-24,33-34H,19-22H2/b31-23-,32-24-. The first-order valence-electron chi connectivity index (χ1n) is 12.1. The lowest BCUT2D eigenvalue weighted by atomic mass is 10.2. The monoisotopic (exact) mass is 494 g/mol. The molecule has 0 bridgehead atoms. The summed E-state index contributed by atoms with van der Waals surface area (Å²) in [7, 11) is 0. The molecule has 7 heteroatoms. The highest BCUT2D eigenvalue weighted by molar-refractivity contribution is 5.81. The van der Waals surface area contributed by atoms with Crippen LogP contribution in [-0.4, -0.2) is 38.9 Å². The van der Waals surface area contributed by atoms with E-state index in [9.17, 15) is 0 Å². The van der Waals surface area contributed by atoms with Crippen LogP contribution in [0.4, 0.5) is 11.4 Å². The fourth-order valence-electron chi connectivity index (χ4n) is 3.23. The lowest BCUT2D eigenvalue weighted by Gasteiger charge is -2.09. The number of para-hydroxylation sites is 2. The third kappa shape index (κ3) is 9.51. The maximum absolute atomic E-state index is 5.73. The second-order valence-electron chi connectivity index (χ2n) is 7.92. The Bertz CT molecular complexity index is 1130. The summed E-state index contributed by atoms with van der Waals surface area (Å²) in [5.74, 6) is 1.58. The van der Waals surface area contributed by atoms with Crippen LogP contribution in [0.15, 0.2) is 119 Å². The zero-order valence-corrected chi connectivity index (χ0v) is 20.5. The average molecular weight is 495 g/mol. The van der Waals surface area contributed by atoms with Crippen molar-refractivity contribution in [3.63, 3.8) is 0 Å². The second-order valence-corrected chi connectivity index (χ2v) is 7.92. The van der Waals surface area contributed by atoms with Crippen molar-refractivity contribution in [1.82, 2.24) is 0 Å². The molecule has 4 rings (SSSR count). The van der Waals surface area contributed by atoms with Crippen molar-refractivity contribution in [2.45, 2.75) is 0 Å². The number of hydrazone groups is 2. The van der Waals surface area contributed by atoms with Gasteiger partial charge in [-0.15, -0.1) is 0 Å². The highest BCUT2D eigenvalue weighted by Crippen LogP contribution is 2.13. The van der Waals surface area contributed by atoms with Crippen molar-refractivity contribution in [2.24, 2.45) is 10.2 Å². The van der Waals surface area contributed by atoms with Crippen molar-refractivity contribution in [3.8, 4) is 11.5 Å². The molecule has 7 nitrogen and oxygen atoms in total. The lowest BCUT2D eigenvalue weighted by Crippen LogP contribution is -2.12. The number of nitrogens with zero attached hydrogens (tertiary/aromatic N) is 2. The molecule has 4 aromatic carbocycles. The molecule has 37 heavy (non-hydrogen) atoms. The molecule has 0 radical (unpaired) electrons. The molecule has 0 spiro atoms. The van der Waals surface area contributed by atoms with Crippen LogP contribution in [-0.2, 0) is 4.74 Å². The van der Waals surface area contributed by atoms with Crippen LogP contribution in [0, 0.1) is 0 Å². The summed E-state index contributed by atoms with van der Waals surface area (Å²) in [4.78, 5) is 0. The Morgan fingerprint density at radius 1 is 0.486 bits per heavy atom. The van der Waals surface area contributed by atoms with Crippen molar-refractivity contribution in [1.29, 1.82) is 0 Å². The highest BCUT2D eigenvalue weighted by atomic mass is 16.5. The average Bonchev–Trinajstić information content (AvgIpc) is 2.95. The third-order valence-electron chi connectivity index (χ3n) is 5.12. The van der Waals surface area contributed by atoms with E-state index in [1.807, 2.05) is 109 Å². The van der Waals surface area contributed by atoms with Gasteiger partial charge < -0.3 is 14.2 Å². The maximum Gasteiger partial charge on any atom is 0.119 e. The number of benzene rings is 4. The minimum absolute atomic E-state index is 0.466. The molecule has 2 N–H and O–H groups in total. The van der Waals surface area contributed by atoms with Gasteiger partial charge in [-0.25, -0.2) is 0 Å². The van der Waals surface area contributed by atoms with Crippen LogP contribution in [0.3, 0.4) is 0 Å². The minimum Gasteiger partial charge on any atom is -0.491 e. The molecule has 0 aliphatic carbocycles. The van der Waals surface area contributed by atoms with E-state index in [1.54, 1.807) is 12.4 Å². The Hall–Kier alpha value is -4.62. The molecule has 4 aromatic rings. The summed E-state index contributed by atoms with van der Waals surface area (Å²) in [6, 6.07) is 35.1. The molecule has 0 fully saturated rings. The summed E-state index contributed by atoms with van der Waals surface area (Å²) in [5.41, 5.74) is 9.84. The SMILES string of the molecule is C(=N/Nc1ccccc1)/c1ccc(OCCOCCOc2ccc(/C=N\Nc3ccccc3)cc2)cc1. The van der Waals surface area contributed by atoms with E-state index in [-0.39, 0.29) is 0 Å². The fourth-order valence-corrected chi connectivity index (χ4v) is 3.23. The molecule has 188 valence electrons. The Kier molecular flexibility index (Phi) is 10.1. The van der Waals surface area contributed by atoms with Gasteiger partial charge in [-0.3, -0.25) is 10.9 Å². The van der Waals surface area contributed by atoms with Gasteiger partial charge in [-0.1, -0.05) is 36.4 Å². The van der Waals surface area contributed by atoms with Crippen LogP contribution >= 0.6 is 0 Å². The summed E-state index contributed by atoms with van der Waals surface area (Å²) in [6.07, 6.45) is 3.54. The zero-order valence-electron chi connectivity index (χ0n) is 20.5. The van der Waals surface area contributed by atoms with Crippen molar-refractivity contribution >= 4 is 23.8 Å². The van der Waals surface area contributed by atoms with Gasteiger partial charge in [-0.05, 0) is 83.9 Å². The normalized spacial score (nSPS) is 11.0. The van der Waals surface area contributed by atoms with Gasteiger partial charge >= 0.3 is 0 Å². The predicted molar refractivity (Wildman–Crippen MR) is 150 cm³/mol. The summed E-state index contributed by atoms with van der Waals surface area (Å²) >= 11 is 0. The van der Waals surface area contributed by atoms with Gasteiger partial charge in [0.2, 0.25) is 0 Å². The van der Waals surface area contributed by atoms with E-state index in [1.165, 1.54) is 0 Å². The molecule has 0 unspecified atom stereocenters. The summed E-state index contributed by atoms with van der Waals surface area (Å²) < 4.78 is 17.1. The molecule has 0 atom stereocenters. The highest BCUT2D eigenvalue weighted by Gasteiger charge is 1.97. The molecule has 0 aromatic heterocycles. The summed E-state index contributed by atoms with van der Waals surface area (Å²) in [6.45, 7) is 1.90. The first-order chi connectivity index (χ1) is 18.3. The van der Waals surface area contributed by atoms with Crippen molar-refractivity contribution < 1.29 is 14.2 Å². The van der Waals surface area contributed by atoms with Crippen LogP contribution in [0.25, 0.3) is 0 Å². The predicted octanol–water partition coefficient (Wildman–Crippen LogP) is 6.05. The smallest absolute Gasteiger partial charge is 0.119 e. The maximum atomic E-state index is 5.73. The quantitative estimate of drug-likeness (QED) is 0.127. The van der Waals surface area contributed by atoms with E-state index in [0.29, 0.717) is 26.4 Å². The Morgan fingerprint density at radius 3 is 1.30 bits per heavy atom. The Labute approximate surface area is 217 Å². The molecular formula is C30H30N4O3. The first kappa shape index (κ1) is 25.5. The topological polar surface area (TPSA) is 76.5 Å². The number of rotatable bonds is 14. The van der Waals surface area contributed by atoms with Gasteiger partial charge in [0.15, 0.2) is 0 Å². The molecule has 0 heterocycles. The second kappa shape index (κ2) is 14.7. The molecule has 0 aliphatic heterocycles. The fraction of sp³-hybridized carbons (Fsp3) is 0.133. The van der Waals surface area contributed by atoms with E-state index < -0.39 is 0 Å². The molecule has 0 amide bonds. The van der Waals surface area contributed by atoms with E-state index >= 15 is 0 Å². The van der Waals surface area contributed by atoms with Crippen molar-refractivity contribution in [2.75, 3.05) is 37.3 Å². The zero-order chi connectivity index (χ0) is 25.4. The van der Waals surface area contributed by atoms with Crippen LogP contribution in [0.5, 0.6) is 11.5 Å². The summed E-state index contributed by atoms with van der Waals surface area (Å²) in [5, 5.41) is 8.48. The Balaban J connectivity index is 1.05. The van der Waals surface area contributed by atoms with Gasteiger partial charge in [0.05, 0.1) is 37.0 Å². The van der Waals surface area contributed by atoms with Crippen LogP contribution in [0.1, 0.15) is 11.1 Å². The number of anilines is 2. The lowest BCUT2D eigenvalue weighted by molar-refractivity contribution is 0.0764. The largest absolute Gasteiger partial charge is 0.491 e.